The summed E-state index contributed by atoms with van der Waals surface area (Å²) < 4.78 is 66.1. The number of rotatable bonds is 4. The summed E-state index contributed by atoms with van der Waals surface area (Å²) in [5.41, 5.74) is -1.26. The quantitative estimate of drug-likeness (QED) is 0.889. The molecule has 0 aliphatic rings. The molecule has 126 valence electrons. The maximum Gasteiger partial charge on any atom is 0.416 e. The molecule has 10 heteroatoms. The molecule has 0 unspecified atom stereocenters. The molecule has 1 heterocycles. The predicted octanol–water partition coefficient (Wildman–Crippen LogP) is 2.99. The fraction of sp³-hybridized carbons (Fsp3) is 0.308. The highest BCUT2D eigenvalue weighted by Crippen LogP contribution is 2.33. The SMILES string of the molecule is CC(C)n1ccc(NS(=O)(=O)c2cc(O)cc(C(F)(F)F)c2)n1. The van der Waals surface area contributed by atoms with E-state index < -0.39 is 32.4 Å². The number of hydrogen-bond acceptors (Lipinski definition) is 4. The lowest BCUT2D eigenvalue weighted by atomic mass is 10.2. The Hall–Kier alpha value is -2.23. The Morgan fingerprint density at radius 1 is 1.26 bits per heavy atom. The number of hydrogen-bond donors (Lipinski definition) is 2. The van der Waals surface area contributed by atoms with E-state index in [2.05, 4.69) is 9.82 Å². The molecule has 2 rings (SSSR count). The number of aromatic nitrogens is 2. The topological polar surface area (TPSA) is 84.2 Å². The zero-order valence-corrected chi connectivity index (χ0v) is 13.0. The van der Waals surface area contributed by atoms with Gasteiger partial charge in [-0.05, 0) is 26.0 Å². The molecule has 0 saturated carbocycles. The van der Waals surface area contributed by atoms with Crippen LogP contribution in [0.25, 0.3) is 0 Å². The van der Waals surface area contributed by atoms with Gasteiger partial charge in [0, 0.05) is 24.4 Å². The van der Waals surface area contributed by atoms with Crippen molar-refractivity contribution in [2.24, 2.45) is 0 Å². The van der Waals surface area contributed by atoms with E-state index in [0.717, 1.165) is 6.07 Å². The van der Waals surface area contributed by atoms with Crippen molar-refractivity contribution in [1.29, 1.82) is 0 Å². The van der Waals surface area contributed by atoms with Crippen LogP contribution in [0.3, 0.4) is 0 Å². The summed E-state index contributed by atoms with van der Waals surface area (Å²) in [4.78, 5) is -0.705. The zero-order valence-electron chi connectivity index (χ0n) is 12.2. The molecule has 0 saturated heterocycles. The lowest BCUT2D eigenvalue weighted by molar-refractivity contribution is -0.137. The molecular formula is C13H14F3N3O3S. The summed E-state index contributed by atoms with van der Waals surface area (Å²) in [7, 11) is -4.32. The van der Waals surface area contributed by atoms with Gasteiger partial charge >= 0.3 is 6.18 Å². The van der Waals surface area contributed by atoms with Gasteiger partial charge in [-0.2, -0.15) is 18.3 Å². The standard InChI is InChI=1S/C13H14F3N3O3S/c1-8(2)19-4-3-12(17-19)18-23(21,22)11-6-9(13(14,15)16)5-10(20)7-11/h3-8,20H,1-2H3,(H,17,18). The van der Waals surface area contributed by atoms with E-state index in [9.17, 15) is 26.7 Å². The van der Waals surface area contributed by atoms with Gasteiger partial charge in [0.2, 0.25) is 0 Å². The van der Waals surface area contributed by atoms with Crippen molar-refractivity contribution in [2.75, 3.05) is 4.72 Å². The van der Waals surface area contributed by atoms with Crippen molar-refractivity contribution in [3.8, 4) is 5.75 Å². The maximum atomic E-state index is 12.7. The highest BCUT2D eigenvalue weighted by molar-refractivity contribution is 7.92. The molecule has 0 atom stereocenters. The summed E-state index contributed by atoms with van der Waals surface area (Å²) >= 11 is 0. The van der Waals surface area contributed by atoms with Crippen molar-refractivity contribution in [1.82, 2.24) is 9.78 Å². The van der Waals surface area contributed by atoms with Crippen molar-refractivity contribution in [2.45, 2.75) is 31.0 Å². The molecule has 2 N–H and O–H groups in total. The second-order valence-corrected chi connectivity index (χ2v) is 6.78. The number of aromatic hydroxyl groups is 1. The van der Waals surface area contributed by atoms with Crippen LogP contribution < -0.4 is 4.72 Å². The van der Waals surface area contributed by atoms with E-state index in [1.807, 2.05) is 13.8 Å². The molecule has 0 fully saturated rings. The highest BCUT2D eigenvalue weighted by Gasteiger charge is 2.32. The number of anilines is 1. The fourth-order valence-electron chi connectivity index (χ4n) is 1.78. The first-order valence-electron chi connectivity index (χ1n) is 6.48. The van der Waals surface area contributed by atoms with E-state index in [1.165, 1.54) is 16.9 Å². The Balaban J connectivity index is 2.37. The second-order valence-electron chi connectivity index (χ2n) is 5.09. The second kappa shape index (κ2) is 5.76. The van der Waals surface area contributed by atoms with Gasteiger partial charge in [-0.25, -0.2) is 8.42 Å². The van der Waals surface area contributed by atoms with Gasteiger partial charge in [0.1, 0.15) is 5.75 Å². The molecule has 23 heavy (non-hydrogen) atoms. The molecule has 6 nitrogen and oxygen atoms in total. The molecule has 0 spiro atoms. The van der Waals surface area contributed by atoms with Crippen molar-refractivity contribution >= 4 is 15.8 Å². The summed E-state index contributed by atoms with van der Waals surface area (Å²) in [5, 5.41) is 13.3. The smallest absolute Gasteiger partial charge is 0.416 e. The number of phenolic OH excluding ortho intramolecular Hbond substituents is 1. The predicted molar refractivity (Wildman–Crippen MR) is 76.5 cm³/mol. The van der Waals surface area contributed by atoms with E-state index >= 15 is 0 Å². The summed E-state index contributed by atoms with van der Waals surface area (Å²) in [6, 6.07) is 3.00. The Labute approximate surface area is 130 Å². The first kappa shape index (κ1) is 17.1. The number of alkyl halides is 3. The van der Waals surface area contributed by atoms with E-state index in [4.69, 9.17) is 0 Å². The number of nitrogens with zero attached hydrogens (tertiary/aromatic N) is 2. The lowest BCUT2D eigenvalue weighted by Gasteiger charge is -2.11. The van der Waals surface area contributed by atoms with Crippen LogP contribution in [0.1, 0.15) is 25.5 Å². The third-order valence-electron chi connectivity index (χ3n) is 2.91. The van der Waals surface area contributed by atoms with Crippen LogP contribution in [0.15, 0.2) is 35.4 Å². The molecule has 0 radical (unpaired) electrons. The number of phenols is 1. The van der Waals surface area contributed by atoms with Gasteiger partial charge < -0.3 is 5.11 Å². The van der Waals surface area contributed by atoms with Crippen LogP contribution in [0.5, 0.6) is 5.75 Å². The fourth-order valence-corrected chi connectivity index (χ4v) is 2.84. The molecule has 0 aliphatic heterocycles. The molecular weight excluding hydrogens is 335 g/mol. The van der Waals surface area contributed by atoms with Gasteiger partial charge in [0.05, 0.1) is 10.5 Å². The van der Waals surface area contributed by atoms with Gasteiger partial charge in [0.25, 0.3) is 10.0 Å². The molecule has 1 aromatic carbocycles. The Morgan fingerprint density at radius 2 is 1.91 bits per heavy atom. The summed E-state index contributed by atoms with van der Waals surface area (Å²) in [5.74, 6) is -0.830. The highest BCUT2D eigenvalue weighted by atomic mass is 32.2. The molecule has 2 aromatic rings. The van der Waals surface area contributed by atoms with Crippen LogP contribution >= 0.6 is 0 Å². The number of nitrogens with one attached hydrogen (secondary N) is 1. The molecule has 0 amide bonds. The van der Waals surface area contributed by atoms with E-state index in [0.29, 0.717) is 12.1 Å². The molecule has 1 aromatic heterocycles. The van der Waals surface area contributed by atoms with Crippen molar-refractivity contribution < 1.29 is 26.7 Å². The zero-order chi connectivity index (χ0) is 17.4. The average Bonchev–Trinajstić information content (AvgIpc) is 2.85. The first-order valence-corrected chi connectivity index (χ1v) is 7.96. The third kappa shape index (κ3) is 3.95. The van der Waals surface area contributed by atoms with Gasteiger partial charge in [-0.1, -0.05) is 0 Å². The number of sulfonamides is 1. The van der Waals surface area contributed by atoms with E-state index in [-0.39, 0.29) is 11.9 Å². The van der Waals surface area contributed by atoms with Gasteiger partial charge in [-0.15, -0.1) is 0 Å². The minimum Gasteiger partial charge on any atom is -0.508 e. The third-order valence-corrected chi connectivity index (χ3v) is 4.24. The minimum atomic E-state index is -4.78. The van der Waals surface area contributed by atoms with Crippen molar-refractivity contribution in [3.05, 3.63) is 36.0 Å². The number of halogens is 3. The van der Waals surface area contributed by atoms with Crippen LogP contribution in [0.2, 0.25) is 0 Å². The normalized spacial score (nSPS) is 12.6. The Bertz CT molecular complexity index is 813. The van der Waals surface area contributed by atoms with Crippen LogP contribution in [0.4, 0.5) is 19.0 Å². The Morgan fingerprint density at radius 3 is 2.43 bits per heavy atom. The lowest BCUT2D eigenvalue weighted by Crippen LogP contribution is -2.15. The largest absolute Gasteiger partial charge is 0.508 e. The first-order chi connectivity index (χ1) is 10.5. The van der Waals surface area contributed by atoms with Crippen LogP contribution in [-0.4, -0.2) is 23.3 Å². The van der Waals surface area contributed by atoms with E-state index in [1.54, 1.807) is 0 Å². The minimum absolute atomic E-state index is 0.00847. The average molecular weight is 349 g/mol. The Kier molecular flexibility index (Phi) is 4.29. The monoisotopic (exact) mass is 349 g/mol. The van der Waals surface area contributed by atoms with Gasteiger partial charge in [-0.3, -0.25) is 9.40 Å². The molecule has 0 bridgehead atoms. The summed E-state index contributed by atoms with van der Waals surface area (Å²) in [6.07, 6.45) is -3.24. The maximum absolute atomic E-state index is 12.7. The summed E-state index contributed by atoms with van der Waals surface area (Å²) in [6.45, 7) is 3.66. The van der Waals surface area contributed by atoms with Gasteiger partial charge in [0.15, 0.2) is 5.82 Å². The van der Waals surface area contributed by atoms with Crippen LogP contribution in [0, 0.1) is 0 Å². The van der Waals surface area contributed by atoms with Crippen LogP contribution in [-0.2, 0) is 16.2 Å². The molecule has 0 aliphatic carbocycles. The number of benzene rings is 1. The van der Waals surface area contributed by atoms with Crippen molar-refractivity contribution in [3.63, 3.8) is 0 Å².